The molecule has 0 unspecified atom stereocenters. The van der Waals surface area contributed by atoms with Gasteiger partial charge in [0.05, 0.1) is 7.11 Å². The Morgan fingerprint density at radius 2 is 1.89 bits per heavy atom. The van der Waals surface area contributed by atoms with Crippen LogP contribution in [0.25, 0.3) is 0 Å². The number of carbonyl (C=O) groups excluding carboxylic acids is 1. The minimum absolute atomic E-state index is 0.0526. The van der Waals surface area contributed by atoms with Crippen molar-refractivity contribution >= 4 is 33.3 Å². The summed E-state index contributed by atoms with van der Waals surface area (Å²) in [6.07, 6.45) is 0.349. The van der Waals surface area contributed by atoms with Crippen LogP contribution in [0.5, 0.6) is 5.75 Å². The molecule has 0 aromatic heterocycles. The van der Waals surface area contributed by atoms with E-state index in [4.69, 9.17) is 16.3 Å². The predicted octanol–water partition coefficient (Wildman–Crippen LogP) is 4.54. The van der Waals surface area contributed by atoms with Gasteiger partial charge in [-0.2, -0.15) is 0 Å². The van der Waals surface area contributed by atoms with Crippen molar-refractivity contribution in [1.29, 1.82) is 0 Å². The molecule has 4 heteroatoms. The monoisotopic (exact) mass is 338 g/mol. The molecule has 0 fully saturated rings. The minimum Gasteiger partial charge on any atom is -0.497 e. The number of benzene rings is 2. The summed E-state index contributed by atoms with van der Waals surface area (Å²) in [5.74, 6) is 0.770. The van der Waals surface area contributed by atoms with Gasteiger partial charge in [-0.3, -0.25) is 4.79 Å². The van der Waals surface area contributed by atoms with E-state index >= 15 is 0 Å². The first-order valence-corrected chi connectivity index (χ1v) is 6.88. The highest BCUT2D eigenvalue weighted by Crippen LogP contribution is 2.24. The van der Waals surface area contributed by atoms with Crippen LogP contribution in [0.3, 0.4) is 0 Å². The number of Topliss-reactive ketones (excluding diaryl/α,β-unsaturated/α-hetero) is 1. The van der Waals surface area contributed by atoms with Gasteiger partial charge >= 0.3 is 0 Å². The third kappa shape index (κ3) is 3.58. The van der Waals surface area contributed by atoms with Crippen molar-refractivity contribution in [2.24, 2.45) is 0 Å². The standard InChI is InChI=1S/C15H12BrClO2/c1-19-12-6-7-13(14(16)9-12)15(18)8-10-2-4-11(17)5-3-10/h2-7,9H,8H2,1H3. The predicted molar refractivity (Wildman–Crippen MR) is 80.2 cm³/mol. The summed E-state index contributed by atoms with van der Waals surface area (Å²) in [6.45, 7) is 0. The van der Waals surface area contributed by atoms with Gasteiger partial charge in [0, 0.05) is 21.5 Å². The molecule has 2 aromatic carbocycles. The third-order valence-corrected chi connectivity index (χ3v) is 3.66. The number of halogens is 2. The van der Waals surface area contributed by atoms with Crippen LogP contribution in [0, 0.1) is 0 Å². The number of ether oxygens (including phenoxy) is 1. The molecule has 0 heterocycles. The molecule has 2 nitrogen and oxygen atoms in total. The molecule has 0 aliphatic rings. The van der Waals surface area contributed by atoms with Crippen molar-refractivity contribution in [3.8, 4) is 5.75 Å². The highest BCUT2D eigenvalue weighted by atomic mass is 79.9. The molecule has 0 atom stereocenters. The Bertz CT molecular complexity index is 594. The molecular formula is C15H12BrClO2. The van der Waals surface area contributed by atoms with E-state index in [1.54, 1.807) is 37.4 Å². The van der Waals surface area contributed by atoms with Crippen LogP contribution in [0.2, 0.25) is 5.02 Å². The summed E-state index contributed by atoms with van der Waals surface area (Å²) >= 11 is 9.21. The summed E-state index contributed by atoms with van der Waals surface area (Å²) in [4.78, 5) is 12.2. The van der Waals surface area contributed by atoms with Gasteiger partial charge in [0.15, 0.2) is 5.78 Å². The highest BCUT2D eigenvalue weighted by Gasteiger charge is 2.11. The molecule has 2 rings (SSSR count). The fraction of sp³-hybridized carbons (Fsp3) is 0.133. The van der Waals surface area contributed by atoms with Crippen molar-refractivity contribution in [1.82, 2.24) is 0 Å². The van der Waals surface area contributed by atoms with Crippen LogP contribution in [0.1, 0.15) is 15.9 Å². The SMILES string of the molecule is COc1ccc(C(=O)Cc2ccc(Cl)cc2)c(Br)c1. The molecule has 0 amide bonds. The van der Waals surface area contributed by atoms with Crippen molar-refractivity contribution < 1.29 is 9.53 Å². The molecule has 19 heavy (non-hydrogen) atoms. The van der Waals surface area contributed by atoms with E-state index in [0.717, 1.165) is 15.8 Å². The summed E-state index contributed by atoms with van der Waals surface area (Å²) < 4.78 is 5.85. The first kappa shape index (κ1) is 14.1. The number of ketones is 1. The van der Waals surface area contributed by atoms with Gasteiger partial charge in [-0.15, -0.1) is 0 Å². The van der Waals surface area contributed by atoms with Gasteiger partial charge in [0.1, 0.15) is 5.75 Å². The Morgan fingerprint density at radius 3 is 2.47 bits per heavy atom. The van der Waals surface area contributed by atoms with Crippen LogP contribution in [0.4, 0.5) is 0 Å². The van der Waals surface area contributed by atoms with Gasteiger partial charge in [-0.1, -0.05) is 23.7 Å². The fourth-order valence-corrected chi connectivity index (χ4v) is 2.44. The molecule has 0 N–H and O–H groups in total. The molecule has 0 spiro atoms. The van der Waals surface area contributed by atoms with Crippen LogP contribution >= 0.6 is 27.5 Å². The van der Waals surface area contributed by atoms with Gasteiger partial charge in [0.25, 0.3) is 0 Å². The number of hydrogen-bond donors (Lipinski definition) is 0. The Balaban J connectivity index is 2.18. The van der Waals surface area contributed by atoms with E-state index in [1.165, 1.54) is 0 Å². The second kappa shape index (κ2) is 6.22. The van der Waals surface area contributed by atoms with Crippen molar-refractivity contribution in [3.63, 3.8) is 0 Å². The first-order chi connectivity index (χ1) is 9.10. The zero-order chi connectivity index (χ0) is 13.8. The third-order valence-electron chi connectivity index (χ3n) is 2.75. The summed E-state index contributed by atoms with van der Waals surface area (Å²) in [5.41, 5.74) is 1.59. The van der Waals surface area contributed by atoms with E-state index in [2.05, 4.69) is 15.9 Å². The van der Waals surface area contributed by atoms with Crippen LogP contribution in [0.15, 0.2) is 46.9 Å². The second-order valence-corrected chi connectivity index (χ2v) is 5.36. The molecule has 0 radical (unpaired) electrons. The molecule has 0 aliphatic carbocycles. The maximum absolute atomic E-state index is 12.2. The summed E-state index contributed by atoms with van der Waals surface area (Å²) in [6, 6.07) is 12.6. The van der Waals surface area contributed by atoms with E-state index in [9.17, 15) is 4.79 Å². The molecule has 0 bridgehead atoms. The molecule has 0 saturated heterocycles. The van der Waals surface area contributed by atoms with Crippen molar-refractivity contribution in [2.75, 3.05) is 7.11 Å². The second-order valence-electron chi connectivity index (χ2n) is 4.07. The molecule has 2 aromatic rings. The minimum atomic E-state index is 0.0526. The summed E-state index contributed by atoms with van der Waals surface area (Å²) in [5, 5.41) is 0.668. The smallest absolute Gasteiger partial charge is 0.168 e. The Labute approximate surface area is 125 Å². The summed E-state index contributed by atoms with van der Waals surface area (Å²) in [7, 11) is 1.59. The lowest BCUT2D eigenvalue weighted by Gasteiger charge is -2.06. The Morgan fingerprint density at radius 1 is 1.21 bits per heavy atom. The van der Waals surface area contributed by atoms with Crippen LogP contribution < -0.4 is 4.74 Å². The lowest BCUT2D eigenvalue weighted by Crippen LogP contribution is -2.04. The Hall–Kier alpha value is -1.32. The maximum Gasteiger partial charge on any atom is 0.168 e. The zero-order valence-electron chi connectivity index (χ0n) is 10.3. The van der Waals surface area contributed by atoms with Crippen molar-refractivity contribution in [2.45, 2.75) is 6.42 Å². The topological polar surface area (TPSA) is 26.3 Å². The van der Waals surface area contributed by atoms with Gasteiger partial charge in [0.2, 0.25) is 0 Å². The molecule has 98 valence electrons. The van der Waals surface area contributed by atoms with E-state index < -0.39 is 0 Å². The highest BCUT2D eigenvalue weighted by molar-refractivity contribution is 9.10. The number of methoxy groups -OCH3 is 1. The van der Waals surface area contributed by atoms with Gasteiger partial charge < -0.3 is 4.74 Å². The number of rotatable bonds is 4. The Kier molecular flexibility index (Phi) is 4.61. The average Bonchev–Trinajstić information content (AvgIpc) is 2.41. The lowest BCUT2D eigenvalue weighted by atomic mass is 10.0. The first-order valence-electron chi connectivity index (χ1n) is 5.71. The lowest BCUT2D eigenvalue weighted by molar-refractivity contribution is 0.0992. The number of hydrogen-bond acceptors (Lipinski definition) is 2. The van der Waals surface area contributed by atoms with E-state index in [1.807, 2.05) is 12.1 Å². The maximum atomic E-state index is 12.2. The molecule has 0 aliphatic heterocycles. The quantitative estimate of drug-likeness (QED) is 0.765. The number of carbonyl (C=O) groups is 1. The fourth-order valence-electron chi connectivity index (χ4n) is 1.73. The van der Waals surface area contributed by atoms with Crippen LogP contribution in [-0.4, -0.2) is 12.9 Å². The molecular weight excluding hydrogens is 328 g/mol. The van der Waals surface area contributed by atoms with Gasteiger partial charge in [-0.25, -0.2) is 0 Å². The zero-order valence-corrected chi connectivity index (χ0v) is 12.7. The van der Waals surface area contributed by atoms with Crippen LogP contribution in [-0.2, 0) is 6.42 Å². The van der Waals surface area contributed by atoms with Crippen molar-refractivity contribution in [3.05, 3.63) is 63.1 Å². The average molecular weight is 340 g/mol. The normalized spacial score (nSPS) is 10.3. The van der Waals surface area contributed by atoms with E-state index in [0.29, 0.717) is 17.0 Å². The largest absolute Gasteiger partial charge is 0.497 e. The molecule has 0 saturated carbocycles. The van der Waals surface area contributed by atoms with E-state index in [-0.39, 0.29) is 5.78 Å². The van der Waals surface area contributed by atoms with Gasteiger partial charge in [-0.05, 0) is 51.8 Å².